The van der Waals surface area contributed by atoms with Crippen molar-refractivity contribution < 1.29 is 14.2 Å². The molecule has 0 spiro atoms. The van der Waals surface area contributed by atoms with Gasteiger partial charge in [0.25, 0.3) is 0 Å². The average Bonchev–Trinajstić information content (AvgIpc) is 2.49. The number of alkyl halides is 1. The Labute approximate surface area is 127 Å². The van der Waals surface area contributed by atoms with Gasteiger partial charge in [0.15, 0.2) is 0 Å². The fraction of sp³-hybridized carbons (Fsp3) is 0.625. The zero-order chi connectivity index (χ0) is 14.6. The predicted octanol–water partition coefficient (Wildman–Crippen LogP) is 3.54. The molecular formula is C16H25ClO3. The highest BCUT2D eigenvalue weighted by Gasteiger charge is 2.09. The summed E-state index contributed by atoms with van der Waals surface area (Å²) < 4.78 is 15.6. The predicted molar refractivity (Wildman–Crippen MR) is 82.8 cm³/mol. The standard InChI is InChI=1S/C16H25ClO3/c1-18-9-10-20-8-4-6-15(13-17)11-14-5-3-7-16(12-14)19-2/h3,5,7,12,15H,4,6,8-11,13H2,1-2H3. The SMILES string of the molecule is COCCOCCCC(CCl)Cc1cccc(OC)c1. The molecule has 20 heavy (non-hydrogen) atoms. The van der Waals surface area contributed by atoms with Crippen molar-refractivity contribution >= 4 is 11.6 Å². The van der Waals surface area contributed by atoms with E-state index in [0.29, 0.717) is 25.0 Å². The Bertz CT molecular complexity index is 357. The average molecular weight is 301 g/mol. The second-order valence-corrected chi connectivity index (χ2v) is 5.13. The maximum absolute atomic E-state index is 6.06. The van der Waals surface area contributed by atoms with E-state index < -0.39 is 0 Å². The smallest absolute Gasteiger partial charge is 0.119 e. The van der Waals surface area contributed by atoms with Crippen LogP contribution in [0.4, 0.5) is 0 Å². The molecule has 1 aromatic rings. The number of hydrogen-bond donors (Lipinski definition) is 0. The molecule has 0 N–H and O–H groups in total. The van der Waals surface area contributed by atoms with Gasteiger partial charge in [-0.3, -0.25) is 0 Å². The minimum atomic E-state index is 0.481. The van der Waals surface area contributed by atoms with Crippen LogP contribution in [0.5, 0.6) is 5.75 Å². The van der Waals surface area contributed by atoms with E-state index in [2.05, 4.69) is 12.1 Å². The van der Waals surface area contributed by atoms with Crippen LogP contribution in [-0.4, -0.2) is 39.9 Å². The molecule has 114 valence electrons. The fourth-order valence-electron chi connectivity index (χ4n) is 2.08. The van der Waals surface area contributed by atoms with Crippen LogP contribution >= 0.6 is 11.6 Å². The number of rotatable bonds is 11. The van der Waals surface area contributed by atoms with E-state index >= 15 is 0 Å². The van der Waals surface area contributed by atoms with Gasteiger partial charge in [0.05, 0.1) is 20.3 Å². The molecule has 1 atom stereocenters. The van der Waals surface area contributed by atoms with Crippen molar-refractivity contribution in [2.75, 3.05) is 39.9 Å². The van der Waals surface area contributed by atoms with Crippen molar-refractivity contribution in [2.45, 2.75) is 19.3 Å². The first kappa shape index (κ1) is 17.3. The Hall–Kier alpha value is -0.770. The molecule has 0 aliphatic heterocycles. The van der Waals surface area contributed by atoms with Gasteiger partial charge in [-0.2, -0.15) is 0 Å². The van der Waals surface area contributed by atoms with Gasteiger partial charge in [-0.15, -0.1) is 11.6 Å². The molecule has 0 aliphatic rings. The highest BCUT2D eigenvalue weighted by Crippen LogP contribution is 2.19. The molecule has 0 bridgehead atoms. The van der Waals surface area contributed by atoms with E-state index in [0.717, 1.165) is 31.6 Å². The largest absolute Gasteiger partial charge is 0.497 e. The van der Waals surface area contributed by atoms with Crippen LogP contribution < -0.4 is 4.74 Å². The normalized spacial score (nSPS) is 12.3. The number of benzene rings is 1. The van der Waals surface area contributed by atoms with Gasteiger partial charge in [0.1, 0.15) is 5.75 Å². The summed E-state index contributed by atoms with van der Waals surface area (Å²) in [7, 11) is 3.37. The first-order valence-corrected chi connectivity index (χ1v) is 7.59. The minimum Gasteiger partial charge on any atom is -0.497 e. The summed E-state index contributed by atoms with van der Waals surface area (Å²) in [6.07, 6.45) is 3.09. The van der Waals surface area contributed by atoms with Crippen LogP contribution in [0, 0.1) is 5.92 Å². The first-order chi connectivity index (χ1) is 9.80. The summed E-state index contributed by atoms with van der Waals surface area (Å²) in [5, 5.41) is 0. The van der Waals surface area contributed by atoms with Crippen LogP contribution in [0.2, 0.25) is 0 Å². The first-order valence-electron chi connectivity index (χ1n) is 7.05. The summed E-state index contributed by atoms with van der Waals surface area (Å²) in [5.74, 6) is 2.06. The lowest BCUT2D eigenvalue weighted by Gasteiger charge is -2.14. The van der Waals surface area contributed by atoms with Crippen molar-refractivity contribution in [3.63, 3.8) is 0 Å². The summed E-state index contributed by atoms with van der Waals surface area (Å²) in [6, 6.07) is 8.18. The highest BCUT2D eigenvalue weighted by molar-refractivity contribution is 6.18. The molecule has 0 amide bonds. The molecule has 0 aliphatic carbocycles. The number of halogens is 1. The lowest BCUT2D eigenvalue weighted by atomic mass is 9.96. The van der Waals surface area contributed by atoms with E-state index in [1.165, 1.54) is 5.56 Å². The Morgan fingerprint density at radius 2 is 2.00 bits per heavy atom. The van der Waals surface area contributed by atoms with Gasteiger partial charge in [0, 0.05) is 19.6 Å². The van der Waals surface area contributed by atoms with E-state index in [1.54, 1.807) is 14.2 Å². The topological polar surface area (TPSA) is 27.7 Å². The molecule has 4 heteroatoms. The maximum Gasteiger partial charge on any atom is 0.119 e. The second-order valence-electron chi connectivity index (χ2n) is 4.82. The van der Waals surface area contributed by atoms with E-state index in [9.17, 15) is 0 Å². The van der Waals surface area contributed by atoms with E-state index in [-0.39, 0.29) is 0 Å². The lowest BCUT2D eigenvalue weighted by Crippen LogP contribution is -2.09. The van der Waals surface area contributed by atoms with Crippen LogP contribution in [-0.2, 0) is 15.9 Å². The summed E-state index contributed by atoms with van der Waals surface area (Å²) >= 11 is 6.06. The number of methoxy groups -OCH3 is 2. The maximum atomic E-state index is 6.06. The Balaban J connectivity index is 2.27. The van der Waals surface area contributed by atoms with E-state index in [4.69, 9.17) is 25.8 Å². The van der Waals surface area contributed by atoms with Crippen LogP contribution in [0.1, 0.15) is 18.4 Å². The number of hydrogen-bond acceptors (Lipinski definition) is 3. The van der Waals surface area contributed by atoms with Crippen molar-refractivity contribution in [3.05, 3.63) is 29.8 Å². The Morgan fingerprint density at radius 1 is 1.15 bits per heavy atom. The van der Waals surface area contributed by atoms with Gasteiger partial charge < -0.3 is 14.2 Å². The van der Waals surface area contributed by atoms with Gasteiger partial charge in [-0.1, -0.05) is 12.1 Å². The molecule has 1 unspecified atom stereocenters. The molecule has 0 saturated heterocycles. The molecule has 0 heterocycles. The third kappa shape index (κ3) is 7.13. The van der Waals surface area contributed by atoms with Gasteiger partial charge >= 0.3 is 0 Å². The molecule has 3 nitrogen and oxygen atoms in total. The fourth-order valence-corrected chi connectivity index (χ4v) is 2.35. The zero-order valence-electron chi connectivity index (χ0n) is 12.4. The molecule has 0 radical (unpaired) electrons. The van der Waals surface area contributed by atoms with Crippen LogP contribution in [0.3, 0.4) is 0 Å². The summed E-state index contributed by atoms with van der Waals surface area (Å²) in [6.45, 7) is 2.09. The second kappa shape index (κ2) is 11.0. The van der Waals surface area contributed by atoms with Crippen LogP contribution in [0.25, 0.3) is 0 Å². The summed E-state index contributed by atoms with van der Waals surface area (Å²) in [4.78, 5) is 0. The summed E-state index contributed by atoms with van der Waals surface area (Å²) in [5.41, 5.74) is 1.27. The monoisotopic (exact) mass is 300 g/mol. The number of ether oxygens (including phenoxy) is 3. The van der Waals surface area contributed by atoms with E-state index in [1.807, 2.05) is 12.1 Å². The molecular weight excluding hydrogens is 276 g/mol. The minimum absolute atomic E-state index is 0.481. The highest BCUT2D eigenvalue weighted by atomic mass is 35.5. The van der Waals surface area contributed by atoms with Gasteiger partial charge in [-0.25, -0.2) is 0 Å². The Kier molecular flexibility index (Phi) is 9.46. The molecule has 1 rings (SSSR count). The Morgan fingerprint density at radius 3 is 2.70 bits per heavy atom. The zero-order valence-corrected chi connectivity index (χ0v) is 13.2. The molecule has 0 fully saturated rings. The molecule has 1 aromatic carbocycles. The van der Waals surface area contributed by atoms with Crippen molar-refractivity contribution in [2.24, 2.45) is 5.92 Å². The third-order valence-electron chi connectivity index (χ3n) is 3.21. The lowest BCUT2D eigenvalue weighted by molar-refractivity contribution is 0.0675. The van der Waals surface area contributed by atoms with Crippen molar-refractivity contribution in [1.29, 1.82) is 0 Å². The third-order valence-corrected chi connectivity index (χ3v) is 3.65. The van der Waals surface area contributed by atoms with Gasteiger partial charge in [-0.05, 0) is 42.9 Å². The van der Waals surface area contributed by atoms with Gasteiger partial charge in [0.2, 0.25) is 0 Å². The van der Waals surface area contributed by atoms with Crippen LogP contribution in [0.15, 0.2) is 24.3 Å². The van der Waals surface area contributed by atoms with Crippen molar-refractivity contribution in [3.8, 4) is 5.75 Å². The quantitative estimate of drug-likeness (QED) is 0.462. The molecule has 0 saturated carbocycles. The van der Waals surface area contributed by atoms with Crippen molar-refractivity contribution in [1.82, 2.24) is 0 Å². The molecule has 0 aromatic heterocycles.